The maximum absolute atomic E-state index is 11.8. The van der Waals surface area contributed by atoms with Crippen molar-refractivity contribution < 1.29 is 4.79 Å². The summed E-state index contributed by atoms with van der Waals surface area (Å²) in [6.07, 6.45) is 2.09. The molecule has 0 aliphatic rings. The molecule has 3 aromatic heterocycles. The Hall–Kier alpha value is -2.29. The van der Waals surface area contributed by atoms with Crippen molar-refractivity contribution in [3.63, 3.8) is 0 Å². The van der Waals surface area contributed by atoms with E-state index in [1.54, 1.807) is 21.1 Å². The van der Waals surface area contributed by atoms with Gasteiger partial charge in [0.1, 0.15) is 16.5 Å². The molecule has 1 N–H and O–H groups in total. The molecule has 0 aliphatic carbocycles. The van der Waals surface area contributed by atoms with E-state index in [0.717, 1.165) is 16.7 Å². The highest BCUT2D eigenvalue weighted by Gasteiger charge is 2.12. The predicted octanol–water partition coefficient (Wildman–Crippen LogP) is 0.959. The first-order valence-electron chi connectivity index (χ1n) is 6.06. The predicted molar refractivity (Wildman–Crippen MR) is 74.4 cm³/mol. The first kappa shape index (κ1) is 12.7. The molecule has 8 nitrogen and oxygen atoms in total. The number of rotatable bonds is 4. The molecule has 0 saturated carbocycles. The topological polar surface area (TPSA) is 90.5 Å². The lowest BCUT2D eigenvalue weighted by molar-refractivity contribution is -0.116. The van der Waals surface area contributed by atoms with Gasteiger partial charge in [0, 0.05) is 13.5 Å². The van der Waals surface area contributed by atoms with Crippen molar-refractivity contribution in [2.75, 3.05) is 5.32 Å². The Morgan fingerprint density at radius 1 is 1.50 bits per heavy atom. The third-order valence-corrected chi connectivity index (χ3v) is 3.58. The number of amides is 1. The first-order chi connectivity index (χ1) is 9.65. The van der Waals surface area contributed by atoms with Gasteiger partial charge in [-0.05, 0) is 6.92 Å². The lowest BCUT2D eigenvalue weighted by Crippen LogP contribution is -2.15. The molecule has 0 aliphatic heterocycles. The summed E-state index contributed by atoms with van der Waals surface area (Å²) in [6, 6.07) is 0. The molecule has 104 valence electrons. The Labute approximate surface area is 118 Å². The summed E-state index contributed by atoms with van der Waals surface area (Å²) in [7, 11) is 1.88. The van der Waals surface area contributed by atoms with Crippen LogP contribution in [0.15, 0.2) is 11.7 Å². The molecular formula is C11H13N7OS. The van der Waals surface area contributed by atoms with Crippen LogP contribution in [0.2, 0.25) is 0 Å². The van der Waals surface area contributed by atoms with E-state index in [2.05, 4.69) is 25.7 Å². The average Bonchev–Trinajstić information content (AvgIpc) is 3.08. The van der Waals surface area contributed by atoms with Gasteiger partial charge in [-0.1, -0.05) is 11.3 Å². The van der Waals surface area contributed by atoms with Gasteiger partial charge in [0.25, 0.3) is 0 Å². The van der Waals surface area contributed by atoms with Gasteiger partial charge in [-0.25, -0.2) is 0 Å². The molecular weight excluding hydrogens is 278 g/mol. The summed E-state index contributed by atoms with van der Waals surface area (Å²) in [5, 5.41) is 19.3. The van der Waals surface area contributed by atoms with E-state index < -0.39 is 0 Å². The van der Waals surface area contributed by atoms with Gasteiger partial charge < -0.3 is 5.32 Å². The van der Waals surface area contributed by atoms with Crippen molar-refractivity contribution >= 4 is 33.4 Å². The van der Waals surface area contributed by atoms with Crippen molar-refractivity contribution in [3.8, 4) is 0 Å². The maximum Gasteiger partial charge on any atom is 0.228 e. The van der Waals surface area contributed by atoms with E-state index >= 15 is 0 Å². The van der Waals surface area contributed by atoms with E-state index in [0.29, 0.717) is 18.1 Å². The fraction of sp³-hybridized carbons (Fsp3) is 0.364. The Bertz CT molecular complexity index is 742. The summed E-state index contributed by atoms with van der Waals surface area (Å²) in [6.45, 7) is 2.43. The molecule has 3 heterocycles. The second-order valence-corrected chi connectivity index (χ2v) is 5.19. The summed E-state index contributed by atoms with van der Waals surface area (Å²) in [4.78, 5) is 11.8. The summed E-state index contributed by atoms with van der Waals surface area (Å²) >= 11 is 1.29. The molecule has 0 atom stereocenters. The van der Waals surface area contributed by atoms with Gasteiger partial charge in [0.2, 0.25) is 11.0 Å². The first-order valence-corrected chi connectivity index (χ1v) is 6.94. The van der Waals surface area contributed by atoms with Gasteiger partial charge in [-0.2, -0.15) is 10.2 Å². The van der Waals surface area contributed by atoms with Crippen molar-refractivity contribution in [2.45, 2.75) is 19.9 Å². The summed E-state index contributed by atoms with van der Waals surface area (Å²) in [5.74, 6) is -0.105. The number of nitrogens with zero attached hydrogens (tertiary/aromatic N) is 6. The second kappa shape index (κ2) is 5.00. The second-order valence-electron chi connectivity index (χ2n) is 4.35. The molecule has 0 bridgehead atoms. The Morgan fingerprint density at radius 2 is 2.35 bits per heavy atom. The zero-order chi connectivity index (χ0) is 14.1. The third kappa shape index (κ3) is 2.27. The molecule has 0 saturated heterocycles. The largest absolute Gasteiger partial charge is 0.300 e. The molecule has 0 aromatic carbocycles. The highest BCUT2D eigenvalue weighted by Crippen LogP contribution is 2.17. The maximum atomic E-state index is 11.8. The molecule has 0 radical (unpaired) electrons. The number of carbonyl (C=O) groups is 1. The number of aryl methyl sites for hydroxylation is 3. The summed E-state index contributed by atoms with van der Waals surface area (Å²) < 4.78 is 3.59. The van der Waals surface area contributed by atoms with E-state index in [9.17, 15) is 4.79 Å². The van der Waals surface area contributed by atoms with Crippen molar-refractivity contribution in [1.82, 2.24) is 29.8 Å². The molecule has 20 heavy (non-hydrogen) atoms. The Kier molecular flexibility index (Phi) is 3.18. The van der Waals surface area contributed by atoms with Crippen LogP contribution in [0.4, 0.5) is 5.13 Å². The Balaban J connectivity index is 1.69. The van der Waals surface area contributed by atoms with Gasteiger partial charge in [0.05, 0.1) is 18.4 Å². The highest BCUT2D eigenvalue weighted by molar-refractivity contribution is 7.13. The fourth-order valence-corrected chi connectivity index (χ4v) is 2.56. The minimum atomic E-state index is -0.105. The standard InChI is InChI=1S/C11H13N7OS/c1-7-10-8(17(2)16-7)5-13-18(10)4-3-9(19)14-11-15-12-6-20-11/h5-6H,3-4H2,1-2H3,(H,14,15,19). The normalized spacial score (nSPS) is 11.1. The number of nitrogens with one attached hydrogen (secondary N) is 1. The van der Waals surface area contributed by atoms with E-state index in [-0.39, 0.29) is 5.91 Å². The van der Waals surface area contributed by atoms with Crippen LogP contribution in [-0.2, 0) is 18.4 Å². The van der Waals surface area contributed by atoms with Crippen LogP contribution in [-0.4, -0.2) is 35.7 Å². The molecule has 0 spiro atoms. The number of fused-ring (bicyclic) bond motifs is 1. The van der Waals surface area contributed by atoms with Crippen LogP contribution in [0.3, 0.4) is 0 Å². The van der Waals surface area contributed by atoms with E-state index in [4.69, 9.17) is 0 Å². The van der Waals surface area contributed by atoms with E-state index in [1.165, 1.54) is 11.3 Å². The molecule has 0 fully saturated rings. The molecule has 0 unspecified atom stereocenters. The van der Waals surface area contributed by atoms with Crippen LogP contribution in [0.5, 0.6) is 0 Å². The van der Waals surface area contributed by atoms with Crippen LogP contribution >= 0.6 is 11.3 Å². The van der Waals surface area contributed by atoms with Crippen LogP contribution in [0.25, 0.3) is 11.0 Å². The van der Waals surface area contributed by atoms with Crippen LogP contribution in [0, 0.1) is 6.92 Å². The smallest absolute Gasteiger partial charge is 0.228 e. The number of anilines is 1. The van der Waals surface area contributed by atoms with Crippen molar-refractivity contribution in [3.05, 3.63) is 17.4 Å². The minimum absolute atomic E-state index is 0.105. The molecule has 3 rings (SSSR count). The zero-order valence-corrected chi connectivity index (χ0v) is 11.9. The molecule has 3 aromatic rings. The van der Waals surface area contributed by atoms with Gasteiger partial charge in [-0.15, -0.1) is 10.2 Å². The average molecular weight is 291 g/mol. The zero-order valence-electron chi connectivity index (χ0n) is 11.1. The monoisotopic (exact) mass is 291 g/mol. The molecule has 9 heteroatoms. The number of aromatic nitrogens is 6. The quantitative estimate of drug-likeness (QED) is 0.773. The Morgan fingerprint density at radius 3 is 3.10 bits per heavy atom. The number of carbonyl (C=O) groups excluding carboxylic acids is 1. The molecule has 1 amide bonds. The van der Waals surface area contributed by atoms with Crippen LogP contribution < -0.4 is 5.32 Å². The van der Waals surface area contributed by atoms with E-state index in [1.807, 2.05) is 14.0 Å². The van der Waals surface area contributed by atoms with Crippen LogP contribution in [0.1, 0.15) is 12.1 Å². The SMILES string of the molecule is Cc1nn(C)c2cnn(CCC(=O)Nc3nncs3)c12. The van der Waals surface area contributed by atoms with Crippen molar-refractivity contribution in [1.29, 1.82) is 0 Å². The lowest BCUT2D eigenvalue weighted by Gasteiger charge is -2.03. The van der Waals surface area contributed by atoms with Crippen molar-refractivity contribution in [2.24, 2.45) is 7.05 Å². The van der Waals surface area contributed by atoms with Gasteiger partial charge in [-0.3, -0.25) is 14.2 Å². The summed E-state index contributed by atoms with van der Waals surface area (Å²) in [5.41, 5.74) is 4.42. The highest BCUT2D eigenvalue weighted by atomic mass is 32.1. The third-order valence-electron chi connectivity index (χ3n) is 2.97. The fourth-order valence-electron chi connectivity index (χ4n) is 2.10. The van der Waals surface area contributed by atoms with Gasteiger partial charge >= 0.3 is 0 Å². The minimum Gasteiger partial charge on any atom is -0.300 e. The van der Waals surface area contributed by atoms with Gasteiger partial charge in [0.15, 0.2) is 0 Å². The number of hydrogen-bond acceptors (Lipinski definition) is 6. The lowest BCUT2D eigenvalue weighted by atomic mass is 10.3. The number of hydrogen-bond donors (Lipinski definition) is 1.